The maximum Gasteiger partial charge on any atom is 0.221 e. The lowest BCUT2D eigenvalue weighted by atomic mass is 10.1. The Balaban J connectivity index is 1.59. The van der Waals surface area contributed by atoms with Crippen LogP contribution in [0.4, 0.5) is 0 Å². The van der Waals surface area contributed by atoms with Gasteiger partial charge in [0.2, 0.25) is 5.91 Å². The second-order valence-electron chi connectivity index (χ2n) is 5.05. The third kappa shape index (κ3) is 3.76. The van der Waals surface area contributed by atoms with Crippen molar-refractivity contribution in [1.29, 1.82) is 0 Å². The van der Waals surface area contributed by atoms with Crippen molar-refractivity contribution < 1.29 is 9.53 Å². The van der Waals surface area contributed by atoms with E-state index < -0.39 is 0 Å². The van der Waals surface area contributed by atoms with Gasteiger partial charge in [-0.25, -0.2) is 0 Å². The molecule has 0 aromatic rings. The second kappa shape index (κ2) is 5.64. The van der Waals surface area contributed by atoms with Gasteiger partial charge in [0.15, 0.2) is 0 Å². The lowest BCUT2D eigenvalue weighted by Gasteiger charge is -2.23. The van der Waals surface area contributed by atoms with Gasteiger partial charge in [0.1, 0.15) is 0 Å². The number of carbonyl (C=O) groups is 1. The second-order valence-corrected chi connectivity index (χ2v) is 5.05. The molecule has 1 amide bonds. The zero-order valence-electron chi connectivity index (χ0n) is 10.00. The van der Waals surface area contributed by atoms with Crippen LogP contribution < -0.4 is 10.6 Å². The minimum absolute atomic E-state index is 0.149. The summed E-state index contributed by atoms with van der Waals surface area (Å²) in [6.07, 6.45) is 3.22. The molecule has 1 aliphatic carbocycles. The van der Waals surface area contributed by atoms with E-state index in [1.165, 1.54) is 12.8 Å². The topological polar surface area (TPSA) is 50.4 Å². The summed E-state index contributed by atoms with van der Waals surface area (Å²) in [6, 6.07) is 0.199. The number of morpholine rings is 1. The maximum absolute atomic E-state index is 11.7. The van der Waals surface area contributed by atoms with Gasteiger partial charge in [-0.3, -0.25) is 4.79 Å². The van der Waals surface area contributed by atoms with Crippen LogP contribution in [-0.2, 0) is 9.53 Å². The maximum atomic E-state index is 11.7. The molecule has 0 radical (unpaired) electrons. The molecule has 4 heteroatoms. The van der Waals surface area contributed by atoms with E-state index in [0.29, 0.717) is 18.9 Å². The van der Waals surface area contributed by atoms with Crippen molar-refractivity contribution in [2.75, 3.05) is 26.3 Å². The smallest absolute Gasteiger partial charge is 0.221 e. The fourth-order valence-electron chi connectivity index (χ4n) is 2.15. The number of rotatable bonds is 5. The highest BCUT2D eigenvalue weighted by Gasteiger charge is 2.28. The summed E-state index contributed by atoms with van der Waals surface area (Å²) in [5, 5.41) is 6.30. The van der Waals surface area contributed by atoms with Gasteiger partial charge < -0.3 is 15.4 Å². The van der Waals surface area contributed by atoms with Gasteiger partial charge in [0.05, 0.1) is 13.2 Å². The SMILES string of the molecule is CC(CNC(=O)CC1COCCN1)C1CC1. The molecule has 92 valence electrons. The molecule has 16 heavy (non-hydrogen) atoms. The predicted molar refractivity (Wildman–Crippen MR) is 62.1 cm³/mol. The molecule has 2 atom stereocenters. The van der Waals surface area contributed by atoms with Gasteiger partial charge in [0, 0.05) is 25.6 Å². The van der Waals surface area contributed by atoms with Crippen LogP contribution in [0.25, 0.3) is 0 Å². The minimum atomic E-state index is 0.149. The summed E-state index contributed by atoms with van der Waals surface area (Å²) in [5.74, 6) is 1.64. The molecule has 2 rings (SSSR count). The summed E-state index contributed by atoms with van der Waals surface area (Å²) in [4.78, 5) is 11.7. The largest absolute Gasteiger partial charge is 0.378 e. The molecule has 0 aromatic heterocycles. The Hall–Kier alpha value is -0.610. The van der Waals surface area contributed by atoms with Crippen molar-refractivity contribution in [2.45, 2.75) is 32.2 Å². The van der Waals surface area contributed by atoms with Crippen LogP contribution >= 0.6 is 0 Å². The average Bonchev–Trinajstić information content (AvgIpc) is 3.11. The molecule has 0 bridgehead atoms. The Morgan fingerprint density at radius 1 is 1.56 bits per heavy atom. The van der Waals surface area contributed by atoms with Crippen LogP contribution in [0.1, 0.15) is 26.2 Å². The average molecular weight is 226 g/mol. The molecule has 1 saturated heterocycles. The van der Waals surface area contributed by atoms with Gasteiger partial charge in [-0.2, -0.15) is 0 Å². The van der Waals surface area contributed by atoms with Crippen molar-refractivity contribution in [3.05, 3.63) is 0 Å². The van der Waals surface area contributed by atoms with Gasteiger partial charge in [-0.15, -0.1) is 0 Å². The van der Waals surface area contributed by atoms with Crippen molar-refractivity contribution >= 4 is 5.91 Å². The van der Waals surface area contributed by atoms with E-state index in [9.17, 15) is 4.79 Å². The number of ether oxygens (including phenoxy) is 1. The Bertz CT molecular complexity index is 235. The van der Waals surface area contributed by atoms with E-state index in [0.717, 1.165) is 25.6 Å². The summed E-state index contributed by atoms with van der Waals surface area (Å²) in [6.45, 7) is 5.33. The first kappa shape index (κ1) is 11.9. The minimum Gasteiger partial charge on any atom is -0.378 e. The Kier molecular flexibility index (Phi) is 4.18. The molecule has 2 fully saturated rings. The van der Waals surface area contributed by atoms with E-state index in [-0.39, 0.29) is 11.9 Å². The number of amides is 1. The van der Waals surface area contributed by atoms with Gasteiger partial charge in [-0.1, -0.05) is 6.92 Å². The van der Waals surface area contributed by atoms with E-state index in [1.54, 1.807) is 0 Å². The first-order valence-electron chi connectivity index (χ1n) is 6.33. The monoisotopic (exact) mass is 226 g/mol. The number of nitrogens with one attached hydrogen (secondary N) is 2. The fourth-order valence-corrected chi connectivity index (χ4v) is 2.15. The molecule has 0 aromatic carbocycles. The van der Waals surface area contributed by atoms with Crippen molar-refractivity contribution in [1.82, 2.24) is 10.6 Å². The molecule has 1 heterocycles. The standard InChI is InChI=1S/C12H22N2O2/c1-9(10-2-3-10)7-14-12(15)6-11-8-16-5-4-13-11/h9-11,13H,2-8H2,1H3,(H,14,15). The summed E-state index contributed by atoms with van der Waals surface area (Å²) >= 11 is 0. The third-order valence-corrected chi connectivity index (χ3v) is 3.48. The quantitative estimate of drug-likeness (QED) is 0.719. The molecule has 2 N–H and O–H groups in total. The van der Waals surface area contributed by atoms with E-state index in [2.05, 4.69) is 17.6 Å². The van der Waals surface area contributed by atoms with E-state index in [4.69, 9.17) is 4.74 Å². The van der Waals surface area contributed by atoms with E-state index in [1.807, 2.05) is 0 Å². The van der Waals surface area contributed by atoms with Crippen LogP contribution in [-0.4, -0.2) is 38.3 Å². The van der Waals surface area contributed by atoms with E-state index >= 15 is 0 Å². The number of hydrogen-bond acceptors (Lipinski definition) is 3. The highest BCUT2D eigenvalue weighted by molar-refractivity contribution is 5.76. The first-order chi connectivity index (χ1) is 7.75. The normalized spacial score (nSPS) is 27.4. The molecule has 2 unspecified atom stereocenters. The van der Waals surface area contributed by atoms with Crippen molar-refractivity contribution in [3.8, 4) is 0 Å². The summed E-state index contributed by atoms with van der Waals surface area (Å²) in [7, 11) is 0. The highest BCUT2D eigenvalue weighted by Crippen LogP contribution is 2.36. The highest BCUT2D eigenvalue weighted by atomic mass is 16.5. The molecular weight excluding hydrogens is 204 g/mol. The number of carbonyl (C=O) groups excluding carboxylic acids is 1. The molecule has 4 nitrogen and oxygen atoms in total. The zero-order chi connectivity index (χ0) is 11.4. The summed E-state index contributed by atoms with van der Waals surface area (Å²) < 4.78 is 5.31. The van der Waals surface area contributed by atoms with Crippen molar-refractivity contribution in [2.24, 2.45) is 11.8 Å². The summed E-state index contributed by atoms with van der Waals surface area (Å²) in [5.41, 5.74) is 0. The zero-order valence-corrected chi connectivity index (χ0v) is 10.00. The van der Waals surface area contributed by atoms with Gasteiger partial charge in [0.25, 0.3) is 0 Å². The Morgan fingerprint density at radius 3 is 3.00 bits per heavy atom. The van der Waals surface area contributed by atoms with Crippen LogP contribution in [0.3, 0.4) is 0 Å². The predicted octanol–water partition coefficient (Wildman–Crippen LogP) is 0.527. The molecule has 2 aliphatic rings. The van der Waals surface area contributed by atoms with Crippen LogP contribution in [0.2, 0.25) is 0 Å². The molecule has 0 spiro atoms. The van der Waals surface area contributed by atoms with Crippen LogP contribution in [0.15, 0.2) is 0 Å². The lowest BCUT2D eigenvalue weighted by molar-refractivity contribution is -0.122. The fraction of sp³-hybridized carbons (Fsp3) is 0.917. The Labute approximate surface area is 97.1 Å². The van der Waals surface area contributed by atoms with Gasteiger partial charge in [-0.05, 0) is 24.7 Å². The molecule has 1 saturated carbocycles. The van der Waals surface area contributed by atoms with Crippen LogP contribution in [0, 0.1) is 11.8 Å². The van der Waals surface area contributed by atoms with Gasteiger partial charge >= 0.3 is 0 Å². The first-order valence-corrected chi connectivity index (χ1v) is 6.33. The molecule has 1 aliphatic heterocycles. The van der Waals surface area contributed by atoms with Crippen LogP contribution in [0.5, 0.6) is 0 Å². The molecular formula is C12H22N2O2. The Morgan fingerprint density at radius 2 is 2.38 bits per heavy atom. The third-order valence-electron chi connectivity index (χ3n) is 3.48. The van der Waals surface area contributed by atoms with Crippen molar-refractivity contribution in [3.63, 3.8) is 0 Å². The lowest BCUT2D eigenvalue weighted by Crippen LogP contribution is -2.44. The number of hydrogen-bond donors (Lipinski definition) is 2.